The lowest BCUT2D eigenvalue weighted by Crippen LogP contribution is -1.89. The summed E-state index contributed by atoms with van der Waals surface area (Å²) >= 11 is 13.7. The lowest BCUT2D eigenvalue weighted by molar-refractivity contribution is 0.415. The maximum Gasteiger partial charge on any atom is 0.247 e. The molecule has 1 unspecified atom stereocenters. The van der Waals surface area contributed by atoms with Gasteiger partial charge in [-0.15, -0.1) is 22.0 Å². The zero-order valence-corrected chi connectivity index (χ0v) is 15.3. The molecule has 1 heterocycles. The van der Waals surface area contributed by atoms with E-state index in [0.717, 1.165) is 16.2 Å². The van der Waals surface area contributed by atoms with Gasteiger partial charge >= 0.3 is 0 Å². The van der Waals surface area contributed by atoms with Crippen LogP contribution in [-0.4, -0.2) is 17.3 Å². The van der Waals surface area contributed by atoms with E-state index in [1.54, 1.807) is 19.2 Å². The first-order chi connectivity index (χ1) is 11.6. The SMILES string of the molecule is COc1ccc(-c2nnc(C(C)Sc3cc(Cl)ccc3Cl)o2)cc1. The average molecular weight is 381 g/mol. The molecule has 0 radical (unpaired) electrons. The van der Waals surface area contributed by atoms with Gasteiger partial charge in [-0.25, -0.2) is 0 Å². The molecule has 0 amide bonds. The molecule has 0 N–H and O–H groups in total. The second-order valence-corrected chi connectivity index (χ2v) is 7.24. The zero-order valence-electron chi connectivity index (χ0n) is 13.0. The molecule has 4 nitrogen and oxygen atoms in total. The minimum atomic E-state index is -0.0551. The molecule has 3 rings (SSSR count). The number of aromatic nitrogens is 2. The van der Waals surface area contributed by atoms with Crippen molar-refractivity contribution in [1.29, 1.82) is 0 Å². The number of thioether (sulfide) groups is 1. The van der Waals surface area contributed by atoms with Gasteiger partial charge in [0.15, 0.2) is 0 Å². The van der Waals surface area contributed by atoms with Crippen molar-refractivity contribution >= 4 is 35.0 Å². The number of ether oxygens (including phenoxy) is 1. The standard InChI is InChI=1S/C17H14Cl2N2O2S/c1-10(24-15-9-12(18)5-8-14(15)19)16-20-21-17(23-16)11-3-6-13(22-2)7-4-11/h3-10H,1-2H3. The molecule has 0 saturated heterocycles. The maximum absolute atomic E-state index is 6.20. The molecule has 2 aromatic carbocycles. The van der Waals surface area contributed by atoms with E-state index in [4.69, 9.17) is 32.4 Å². The first kappa shape index (κ1) is 17.1. The van der Waals surface area contributed by atoms with Gasteiger partial charge < -0.3 is 9.15 Å². The number of halogens is 2. The molecular formula is C17H14Cl2N2O2S. The maximum atomic E-state index is 6.20. The van der Waals surface area contributed by atoms with E-state index in [2.05, 4.69) is 10.2 Å². The van der Waals surface area contributed by atoms with E-state index in [1.165, 1.54) is 11.8 Å². The van der Waals surface area contributed by atoms with E-state index >= 15 is 0 Å². The quantitative estimate of drug-likeness (QED) is 0.515. The zero-order chi connectivity index (χ0) is 17.1. The minimum absolute atomic E-state index is 0.0551. The summed E-state index contributed by atoms with van der Waals surface area (Å²) in [5, 5.41) is 9.48. The molecule has 1 aromatic heterocycles. The van der Waals surface area contributed by atoms with Gasteiger partial charge in [-0.3, -0.25) is 0 Å². The first-order valence-electron chi connectivity index (χ1n) is 7.16. The predicted octanol–water partition coefficient (Wildman–Crippen LogP) is 5.91. The van der Waals surface area contributed by atoms with Crippen molar-refractivity contribution in [2.24, 2.45) is 0 Å². The van der Waals surface area contributed by atoms with Crippen LogP contribution >= 0.6 is 35.0 Å². The topological polar surface area (TPSA) is 48.2 Å². The van der Waals surface area contributed by atoms with Crippen LogP contribution in [0.1, 0.15) is 18.1 Å². The summed E-state index contributed by atoms with van der Waals surface area (Å²) in [4.78, 5) is 0.876. The Labute approximate surface area is 154 Å². The van der Waals surface area contributed by atoms with E-state index < -0.39 is 0 Å². The third-order valence-electron chi connectivity index (χ3n) is 3.32. The number of benzene rings is 2. The summed E-state index contributed by atoms with van der Waals surface area (Å²) in [6.45, 7) is 1.98. The van der Waals surface area contributed by atoms with Crippen LogP contribution in [0.25, 0.3) is 11.5 Å². The Morgan fingerprint density at radius 1 is 1.08 bits per heavy atom. The fourth-order valence-electron chi connectivity index (χ4n) is 2.06. The third kappa shape index (κ3) is 3.86. The number of hydrogen-bond donors (Lipinski definition) is 0. The Balaban J connectivity index is 1.77. The van der Waals surface area contributed by atoms with Gasteiger partial charge in [-0.05, 0) is 49.4 Å². The van der Waals surface area contributed by atoms with E-state index in [0.29, 0.717) is 21.8 Å². The molecule has 3 aromatic rings. The highest BCUT2D eigenvalue weighted by Crippen LogP contribution is 2.39. The number of hydrogen-bond acceptors (Lipinski definition) is 5. The van der Waals surface area contributed by atoms with Crippen LogP contribution in [0.3, 0.4) is 0 Å². The van der Waals surface area contributed by atoms with E-state index in [1.807, 2.05) is 37.3 Å². The second-order valence-electron chi connectivity index (χ2n) is 5.01. The van der Waals surface area contributed by atoms with Crippen molar-refractivity contribution in [3.63, 3.8) is 0 Å². The summed E-state index contributed by atoms with van der Waals surface area (Å²) in [5.74, 6) is 1.78. The molecule has 1 atom stereocenters. The summed E-state index contributed by atoms with van der Waals surface area (Å²) in [5.41, 5.74) is 0.840. The lowest BCUT2D eigenvalue weighted by Gasteiger charge is -2.08. The highest BCUT2D eigenvalue weighted by molar-refractivity contribution is 7.99. The van der Waals surface area contributed by atoms with Gasteiger partial charge in [0.1, 0.15) is 5.75 Å². The monoisotopic (exact) mass is 380 g/mol. The van der Waals surface area contributed by atoms with Crippen molar-refractivity contribution in [3.8, 4) is 17.2 Å². The van der Waals surface area contributed by atoms with Crippen LogP contribution < -0.4 is 4.74 Å². The molecule has 0 aliphatic heterocycles. The molecule has 0 aliphatic carbocycles. The Bertz CT molecular complexity index is 837. The van der Waals surface area contributed by atoms with Crippen LogP contribution in [0.2, 0.25) is 10.0 Å². The molecule has 0 saturated carbocycles. The van der Waals surface area contributed by atoms with Gasteiger partial charge in [0.05, 0.1) is 17.4 Å². The average Bonchev–Trinajstić information content (AvgIpc) is 3.08. The molecule has 124 valence electrons. The summed E-state index contributed by atoms with van der Waals surface area (Å²) in [7, 11) is 1.62. The summed E-state index contributed by atoms with van der Waals surface area (Å²) in [6, 6.07) is 12.8. The van der Waals surface area contributed by atoms with Crippen molar-refractivity contribution in [2.45, 2.75) is 17.1 Å². The Morgan fingerprint density at radius 3 is 2.54 bits per heavy atom. The summed E-state index contributed by atoms with van der Waals surface area (Å²) < 4.78 is 10.9. The van der Waals surface area contributed by atoms with Crippen LogP contribution in [0.15, 0.2) is 51.8 Å². The fourth-order valence-corrected chi connectivity index (χ4v) is 3.50. The Morgan fingerprint density at radius 2 is 1.83 bits per heavy atom. The first-order valence-corrected chi connectivity index (χ1v) is 8.80. The van der Waals surface area contributed by atoms with Crippen LogP contribution in [0.5, 0.6) is 5.75 Å². The second kappa shape index (κ2) is 7.47. The number of methoxy groups -OCH3 is 1. The minimum Gasteiger partial charge on any atom is -0.497 e. The molecule has 0 aliphatic rings. The lowest BCUT2D eigenvalue weighted by atomic mass is 10.2. The van der Waals surface area contributed by atoms with Crippen LogP contribution in [-0.2, 0) is 0 Å². The van der Waals surface area contributed by atoms with E-state index in [-0.39, 0.29) is 5.25 Å². The Kier molecular flexibility index (Phi) is 5.33. The van der Waals surface area contributed by atoms with Crippen LogP contribution in [0, 0.1) is 0 Å². The fraction of sp³-hybridized carbons (Fsp3) is 0.176. The number of rotatable bonds is 5. The molecule has 7 heteroatoms. The predicted molar refractivity (Wildman–Crippen MR) is 97.0 cm³/mol. The largest absolute Gasteiger partial charge is 0.497 e. The van der Waals surface area contributed by atoms with Gasteiger partial charge in [-0.1, -0.05) is 23.2 Å². The smallest absolute Gasteiger partial charge is 0.247 e. The van der Waals surface area contributed by atoms with Gasteiger partial charge in [0.2, 0.25) is 11.8 Å². The van der Waals surface area contributed by atoms with Crippen LogP contribution in [0.4, 0.5) is 0 Å². The molecule has 24 heavy (non-hydrogen) atoms. The van der Waals surface area contributed by atoms with Gasteiger partial charge in [0, 0.05) is 15.5 Å². The highest BCUT2D eigenvalue weighted by atomic mass is 35.5. The van der Waals surface area contributed by atoms with Gasteiger partial charge in [-0.2, -0.15) is 0 Å². The third-order valence-corrected chi connectivity index (χ3v) is 5.15. The Hall–Kier alpha value is -1.69. The molecule has 0 fully saturated rings. The number of nitrogens with zero attached hydrogens (tertiary/aromatic N) is 2. The molecular weight excluding hydrogens is 367 g/mol. The highest BCUT2D eigenvalue weighted by Gasteiger charge is 2.17. The van der Waals surface area contributed by atoms with Crippen molar-refractivity contribution < 1.29 is 9.15 Å². The summed E-state index contributed by atoms with van der Waals surface area (Å²) in [6.07, 6.45) is 0. The molecule has 0 spiro atoms. The van der Waals surface area contributed by atoms with E-state index in [9.17, 15) is 0 Å². The van der Waals surface area contributed by atoms with Crippen molar-refractivity contribution in [1.82, 2.24) is 10.2 Å². The molecule has 0 bridgehead atoms. The van der Waals surface area contributed by atoms with Crippen molar-refractivity contribution in [3.05, 3.63) is 58.4 Å². The van der Waals surface area contributed by atoms with Gasteiger partial charge in [0.25, 0.3) is 0 Å². The normalized spacial score (nSPS) is 12.2. The van der Waals surface area contributed by atoms with Crippen molar-refractivity contribution in [2.75, 3.05) is 7.11 Å².